The van der Waals surface area contributed by atoms with Crippen LogP contribution in [0.1, 0.15) is 6.42 Å². The van der Waals surface area contributed by atoms with Crippen molar-refractivity contribution in [1.82, 2.24) is 0 Å². The molecule has 3 heteroatoms. The zero-order valence-corrected chi connectivity index (χ0v) is 8.20. The van der Waals surface area contributed by atoms with E-state index >= 15 is 0 Å². The summed E-state index contributed by atoms with van der Waals surface area (Å²) in [5.41, 5.74) is 0.976. The van der Waals surface area contributed by atoms with Crippen LogP contribution in [0.2, 0.25) is 5.02 Å². The molecule has 1 rings (SSSR count). The van der Waals surface area contributed by atoms with E-state index < -0.39 is 0 Å². The van der Waals surface area contributed by atoms with Crippen LogP contribution in [0.25, 0.3) is 0 Å². The molecule has 0 saturated heterocycles. The molecule has 0 aromatic heterocycles. The van der Waals surface area contributed by atoms with E-state index in [9.17, 15) is 0 Å². The number of alkyl halides is 1. The van der Waals surface area contributed by atoms with Crippen molar-refractivity contribution in [2.45, 2.75) is 6.42 Å². The average Bonchev–Trinajstić information content (AvgIpc) is 2.09. The Balaban J connectivity index is 2.46. The van der Waals surface area contributed by atoms with Gasteiger partial charge in [0.05, 0.1) is 10.7 Å². The van der Waals surface area contributed by atoms with Gasteiger partial charge in [-0.2, -0.15) is 0 Å². The highest BCUT2D eigenvalue weighted by Gasteiger charge is 1.95. The lowest BCUT2D eigenvalue weighted by Crippen LogP contribution is -2.01. The Morgan fingerprint density at radius 3 is 2.67 bits per heavy atom. The molecule has 0 radical (unpaired) electrons. The molecular weight excluding hydrogens is 193 g/mol. The Morgan fingerprint density at radius 2 is 2.00 bits per heavy atom. The molecule has 0 aliphatic carbocycles. The van der Waals surface area contributed by atoms with Gasteiger partial charge in [-0.15, -0.1) is 11.6 Å². The van der Waals surface area contributed by atoms with E-state index in [1.165, 1.54) is 0 Å². The van der Waals surface area contributed by atoms with E-state index in [0.717, 1.165) is 23.7 Å². The van der Waals surface area contributed by atoms with Gasteiger partial charge in [0.25, 0.3) is 0 Å². The third kappa shape index (κ3) is 2.92. The summed E-state index contributed by atoms with van der Waals surface area (Å²) in [6, 6.07) is 7.69. The van der Waals surface area contributed by atoms with Gasteiger partial charge in [0, 0.05) is 12.4 Å². The summed E-state index contributed by atoms with van der Waals surface area (Å²) in [5.74, 6) is 0.678. The third-order valence-corrected chi connectivity index (χ3v) is 2.10. The molecule has 1 nitrogen and oxygen atoms in total. The lowest BCUT2D eigenvalue weighted by atomic mass is 10.3. The van der Waals surface area contributed by atoms with Crippen LogP contribution in [-0.2, 0) is 0 Å². The predicted molar refractivity (Wildman–Crippen MR) is 55.3 cm³/mol. The van der Waals surface area contributed by atoms with Gasteiger partial charge < -0.3 is 5.32 Å². The van der Waals surface area contributed by atoms with Gasteiger partial charge in [0.15, 0.2) is 0 Å². The first-order chi connectivity index (χ1) is 5.84. The summed E-state index contributed by atoms with van der Waals surface area (Å²) in [6.07, 6.45) is 0.951. The lowest BCUT2D eigenvalue weighted by molar-refractivity contribution is 0.987. The van der Waals surface area contributed by atoms with Crippen molar-refractivity contribution >= 4 is 28.9 Å². The zero-order chi connectivity index (χ0) is 8.81. The maximum absolute atomic E-state index is 5.91. The van der Waals surface area contributed by atoms with E-state index in [1.807, 2.05) is 24.3 Å². The molecule has 0 bridgehead atoms. The van der Waals surface area contributed by atoms with Crippen molar-refractivity contribution in [3.05, 3.63) is 29.3 Å². The Hall–Kier alpha value is -0.400. The number of rotatable bonds is 4. The molecule has 66 valence electrons. The molecule has 0 aliphatic heterocycles. The van der Waals surface area contributed by atoms with Crippen LogP contribution in [0.5, 0.6) is 0 Å². The SMILES string of the molecule is ClCCCNc1ccccc1Cl. The Bertz CT molecular complexity index is 238. The van der Waals surface area contributed by atoms with Gasteiger partial charge in [-0.3, -0.25) is 0 Å². The first-order valence-corrected chi connectivity index (χ1v) is 4.80. The van der Waals surface area contributed by atoms with E-state index in [-0.39, 0.29) is 0 Å². The van der Waals surface area contributed by atoms with Crippen LogP contribution >= 0.6 is 23.2 Å². The molecule has 0 unspecified atom stereocenters. The Kier molecular flexibility index (Phi) is 4.26. The Morgan fingerprint density at radius 1 is 1.25 bits per heavy atom. The smallest absolute Gasteiger partial charge is 0.0637 e. The summed E-state index contributed by atoms with van der Waals surface area (Å²) in [7, 11) is 0. The van der Waals surface area contributed by atoms with Crippen molar-refractivity contribution in [2.24, 2.45) is 0 Å². The monoisotopic (exact) mass is 203 g/mol. The summed E-state index contributed by atoms with van der Waals surface area (Å²) >= 11 is 11.4. The molecule has 0 heterocycles. The van der Waals surface area contributed by atoms with Crippen molar-refractivity contribution in [1.29, 1.82) is 0 Å². The van der Waals surface area contributed by atoms with Gasteiger partial charge in [-0.25, -0.2) is 0 Å². The minimum absolute atomic E-state index is 0.678. The van der Waals surface area contributed by atoms with Crippen LogP contribution in [0, 0.1) is 0 Å². The topological polar surface area (TPSA) is 12.0 Å². The number of para-hydroxylation sites is 1. The van der Waals surface area contributed by atoms with E-state index in [4.69, 9.17) is 23.2 Å². The lowest BCUT2D eigenvalue weighted by Gasteiger charge is -2.05. The normalized spacial score (nSPS) is 9.83. The highest BCUT2D eigenvalue weighted by molar-refractivity contribution is 6.33. The van der Waals surface area contributed by atoms with Crippen molar-refractivity contribution < 1.29 is 0 Å². The van der Waals surface area contributed by atoms with Gasteiger partial charge in [0.2, 0.25) is 0 Å². The summed E-state index contributed by atoms with van der Waals surface area (Å²) in [5, 5.41) is 3.95. The van der Waals surface area contributed by atoms with Crippen molar-refractivity contribution in [3.63, 3.8) is 0 Å². The fourth-order valence-corrected chi connectivity index (χ4v) is 1.23. The van der Waals surface area contributed by atoms with E-state index in [2.05, 4.69) is 5.32 Å². The second-order valence-electron chi connectivity index (χ2n) is 2.45. The fourth-order valence-electron chi connectivity index (χ4n) is 0.894. The molecule has 0 atom stereocenters. The standard InChI is InChI=1S/C9H11Cl2N/c10-6-3-7-12-9-5-2-1-4-8(9)11/h1-2,4-5,12H,3,6-7H2. The molecule has 0 fully saturated rings. The molecule has 1 N–H and O–H groups in total. The largest absolute Gasteiger partial charge is 0.384 e. The quantitative estimate of drug-likeness (QED) is 0.585. The highest BCUT2D eigenvalue weighted by atomic mass is 35.5. The van der Waals surface area contributed by atoms with E-state index in [0.29, 0.717) is 5.88 Å². The fraction of sp³-hybridized carbons (Fsp3) is 0.333. The molecular formula is C9H11Cl2N. The first-order valence-electron chi connectivity index (χ1n) is 3.89. The number of hydrogen-bond acceptors (Lipinski definition) is 1. The second kappa shape index (κ2) is 5.28. The third-order valence-electron chi connectivity index (χ3n) is 1.50. The van der Waals surface area contributed by atoms with Gasteiger partial charge in [-0.05, 0) is 18.6 Å². The molecule has 1 aromatic carbocycles. The number of halogens is 2. The first kappa shape index (κ1) is 9.69. The summed E-state index contributed by atoms with van der Waals surface area (Å²) < 4.78 is 0. The van der Waals surface area contributed by atoms with Crippen LogP contribution in [-0.4, -0.2) is 12.4 Å². The molecule has 0 aliphatic rings. The Labute approximate surface area is 82.7 Å². The average molecular weight is 204 g/mol. The zero-order valence-electron chi connectivity index (χ0n) is 6.69. The highest BCUT2D eigenvalue weighted by Crippen LogP contribution is 2.19. The molecule has 1 aromatic rings. The number of nitrogens with one attached hydrogen (secondary N) is 1. The predicted octanol–water partition coefficient (Wildman–Crippen LogP) is 3.38. The molecule has 12 heavy (non-hydrogen) atoms. The van der Waals surface area contributed by atoms with Crippen molar-refractivity contribution in [2.75, 3.05) is 17.7 Å². The maximum atomic E-state index is 5.91. The van der Waals surface area contributed by atoms with Gasteiger partial charge in [-0.1, -0.05) is 23.7 Å². The number of anilines is 1. The molecule has 0 amide bonds. The summed E-state index contributed by atoms with van der Waals surface area (Å²) in [4.78, 5) is 0. The minimum Gasteiger partial charge on any atom is -0.384 e. The van der Waals surface area contributed by atoms with E-state index in [1.54, 1.807) is 0 Å². The van der Waals surface area contributed by atoms with Gasteiger partial charge in [0.1, 0.15) is 0 Å². The maximum Gasteiger partial charge on any atom is 0.0637 e. The molecule has 0 spiro atoms. The van der Waals surface area contributed by atoms with Crippen LogP contribution in [0.15, 0.2) is 24.3 Å². The second-order valence-corrected chi connectivity index (χ2v) is 3.23. The van der Waals surface area contributed by atoms with Crippen LogP contribution in [0.4, 0.5) is 5.69 Å². The van der Waals surface area contributed by atoms with Crippen LogP contribution in [0.3, 0.4) is 0 Å². The minimum atomic E-state index is 0.678. The number of benzene rings is 1. The molecule has 0 saturated carbocycles. The van der Waals surface area contributed by atoms with Crippen LogP contribution < -0.4 is 5.32 Å². The number of hydrogen-bond donors (Lipinski definition) is 1. The summed E-state index contributed by atoms with van der Waals surface area (Å²) in [6.45, 7) is 0.868. The van der Waals surface area contributed by atoms with Gasteiger partial charge >= 0.3 is 0 Å². The van der Waals surface area contributed by atoms with Crippen molar-refractivity contribution in [3.8, 4) is 0 Å².